The quantitative estimate of drug-likeness (QED) is 0.630. The van der Waals surface area contributed by atoms with Gasteiger partial charge in [0.15, 0.2) is 0 Å². The minimum absolute atomic E-state index is 0.131. The summed E-state index contributed by atoms with van der Waals surface area (Å²) in [6.45, 7) is 0.840. The minimum atomic E-state index is -4.17. The van der Waals surface area contributed by atoms with Gasteiger partial charge in [-0.15, -0.1) is 0 Å². The molecule has 0 saturated heterocycles. The van der Waals surface area contributed by atoms with Crippen LogP contribution in [0, 0.1) is 0 Å². The highest BCUT2D eigenvalue weighted by Gasteiger charge is 2.13. The zero-order valence-electron chi connectivity index (χ0n) is 7.47. The van der Waals surface area contributed by atoms with Crippen LogP contribution in [-0.4, -0.2) is 26.1 Å². The number of hydrogen-bond donors (Lipinski definition) is 3. The molecule has 0 unspecified atom stereocenters. The first kappa shape index (κ1) is 11.0. The molecule has 0 spiro atoms. The number of anilines is 1. The van der Waals surface area contributed by atoms with E-state index in [1.165, 1.54) is 12.1 Å². The fourth-order valence-corrected chi connectivity index (χ4v) is 1.71. The van der Waals surface area contributed by atoms with Gasteiger partial charge in [-0.3, -0.25) is 4.55 Å². The molecule has 0 amide bonds. The van der Waals surface area contributed by atoms with Crippen LogP contribution >= 0.6 is 0 Å². The van der Waals surface area contributed by atoms with E-state index in [1.807, 2.05) is 0 Å². The molecule has 0 aliphatic rings. The van der Waals surface area contributed by atoms with Gasteiger partial charge >= 0.3 is 0 Å². The van der Waals surface area contributed by atoms with Crippen LogP contribution in [0.1, 0.15) is 0 Å². The van der Waals surface area contributed by atoms with E-state index in [4.69, 9.17) is 10.3 Å². The Hall–Kier alpha value is -1.11. The summed E-state index contributed by atoms with van der Waals surface area (Å²) in [6, 6.07) is 6.11. The average molecular weight is 216 g/mol. The number of nitrogens with one attached hydrogen (secondary N) is 1. The molecule has 78 valence electrons. The highest BCUT2D eigenvalue weighted by molar-refractivity contribution is 7.86. The van der Waals surface area contributed by atoms with E-state index in [1.54, 1.807) is 12.1 Å². The molecule has 5 nitrogen and oxygen atoms in total. The van der Waals surface area contributed by atoms with E-state index >= 15 is 0 Å². The van der Waals surface area contributed by atoms with Crippen molar-refractivity contribution in [2.24, 2.45) is 5.73 Å². The van der Waals surface area contributed by atoms with Crippen LogP contribution in [0.4, 0.5) is 5.69 Å². The Kier molecular flexibility index (Phi) is 3.45. The second-order valence-electron chi connectivity index (χ2n) is 2.69. The predicted molar refractivity (Wildman–Crippen MR) is 53.8 cm³/mol. The lowest BCUT2D eigenvalue weighted by Gasteiger charge is -2.08. The Morgan fingerprint density at radius 2 is 2.00 bits per heavy atom. The molecule has 1 rings (SSSR count). The van der Waals surface area contributed by atoms with Crippen molar-refractivity contribution in [3.8, 4) is 0 Å². The Bertz CT molecular complexity index is 403. The topological polar surface area (TPSA) is 92.4 Å². The molecule has 0 aliphatic heterocycles. The molecular formula is C8H12N2O3S. The van der Waals surface area contributed by atoms with E-state index < -0.39 is 10.1 Å². The second-order valence-corrected chi connectivity index (χ2v) is 4.08. The summed E-state index contributed by atoms with van der Waals surface area (Å²) in [5, 5.41) is 2.81. The third-order valence-electron chi connectivity index (χ3n) is 1.62. The van der Waals surface area contributed by atoms with E-state index in [0.717, 1.165) is 0 Å². The fourth-order valence-electron chi connectivity index (χ4n) is 1.04. The van der Waals surface area contributed by atoms with Gasteiger partial charge in [-0.2, -0.15) is 8.42 Å². The van der Waals surface area contributed by atoms with Crippen molar-refractivity contribution in [1.29, 1.82) is 0 Å². The van der Waals surface area contributed by atoms with Crippen LogP contribution in [0.3, 0.4) is 0 Å². The van der Waals surface area contributed by atoms with E-state index in [-0.39, 0.29) is 4.90 Å². The summed E-state index contributed by atoms with van der Waals surface area (Å²) in [7, 11) is -4.17. The summed E-state index contributed by atoms with van der Waals surface area (Å²) < 4.78 is 30.7. The maximum absolute atomic E-state index is 10.9. The first-order valence-corrected chi connectivity index (χ1v) is 5.50. The van der Waals surface area contributed by atoms with Crippen molar-refractivity contribution in [2.75, 3.05) is 18.4 Å². The van der Waals surface area contributed by atoms with Crippen molar-refractivity contribution in [3.05, 3.63) is 24.3 Å². The molecule has 1 aromatic rings. The van der Waals surface area contributed by atoms with Crippen LogP contribution in [0.15, 0.2) is 29.2 Å². The molecule has 0 aromatic heterocycles. The van der Waals surface area contributed by atoms with Crippen molar-refractivity contribution in [2.45, 2.75) is 4.90 Å². The fraction of sp³-hybridized carbons (Fsp3) is 0.250. The summed E-state index contributed by atoms with van der Waals surface area (Å²) in [5.41, 5.74) is 5.62. The van der Waals surface area contributed by atoms with Crippen LogP contribution < -0.4 is 11.1 Å². The van der Waals surface area contributed by atoms with Crippen molar-refractivity contribution in [3.63, 3.8) is 0 Å². The Morgan fingerprint density at radius 1 is 1.36 bits per heavy atom. The van der Waals surface area contributed by atoms with Gasteiger partial charge in [-0.1, -0.05) is 12.1 Å². The lowest BCUT2D eigenvalue weighted by Crippen LogP contribution is -2.15. The minimum Gasteiger partial charge on any atom is -0.383 e. The summed E-state index contributed by atoms with van der Waals surface area (Å²) >= 11 is 0. The van der Waals surface area contributed by atoms with Crippen molar-refractivity contribution < 1.29 is 13.0 Å². The van der Waals surface area contributed by atoms with E-state index in [9.17, 15) is 8.42 Å². The summed E-state index contributed by atoms with van der Waals surface area (Å²) in [6.07, 6.45) is 0. The molecule has 4 N–H and O–H groups in total. The molecule has 0 saturated carbocycles. The SMILES string of the molecule is NCCNc1ccccc1S(=O)(=O)O. The van der Waals surface area contributed by atoms with Gasteiger partial charge in [0.1, 0.15) is 4.90 Å². The number of nitrogens with two attached hydrogens (primary N) is 1. The van der Waals surface area contributed by atoms with E-state index in [2.05, 4.69) is 5.32 Å². The van der Waals surface area contributed by atoms with Crippen LogP contribution in [0.2, 0.25) is 0 Å². The molecule has 0 atom stereocenters. The van der Waals surface area contributed by atoms with Gasteiger partial charge in [0.25, 0.3) is 10.1 Å². The van der Waals surface area contributed by atoms with Gasteiger partial charge < -0.3 is 11.1 Å². The standard InChI is InChI=1S/C8H12N2O3S/c9-5-6-10-7-3-1-2-4-8(7)14(11,12)13/h1-4,10H,5-6,9H2,(H,11,12,13). The van der Waals surface area contributed by atoms with Crippen LogP contribution in [0.25, 0.3) is 0 Å². The smallest absolute Gasteiger partial charge is 0.296 e. The lowest BCUT2D eigenvalue weighted by molar-refractivity contribution is 0.483. The number of para-hydroxylation sites is 1. The Morgan fingerprint density at radius 3 is 2.57 bits per heavy atom. The van der Waals surface area contributed by atoms with Gasteiger partial charge in [0.2, 0.25) is 0 Å². The monoisotopic (exact) mass is 216 g/mol. The zero-order chi connectivity index (χ0) is 10.6. The molecule has 0 aliphatic carbocycles. The summed E-state index contributed by atoms with van der Waals surface area (Å²) in [5.74, 6) is 0. The first-order valence-electron chi connectivity index (χ1n) is 4.06. The molecule has 0 radical (unpaired) electrons. The molecule has 6 heteroatoms. The maximum atomic E-state index is 10.9. The summed E-state index contributed by atoms with van der Waals surface area (Å²) in [4.78, 5) is -0.131. The average Bonchev–Trinajstić information content (AvgIpc) is 2.14. The predicted octanol–water partition coefficient (Wildman–Crippen LogP) is 0.304. The highest BCUT2D eigenvalue weighted by atomic mass is 32.2. The normalized spacial score (nSPS) is 11.3. The van der Waals surface area contributed by atoms with E-state index in [0.29, 0.717) is 18.8 Å². The molecular weight excluding hydrogens is 204 g/mol. The second kappa shape index (κ2) is 4.41. The molecule has 1 aromatic carbocycles. The third kappa shape index (κ3) is 2.69. The largest absolute Gasteiger partial charge is 0.383 e. The zero-order valence-corrected chi connectivity index (χ0v) is 8.29. The maximum Gasteiger partial charge on any atom is 0.296 e. The third-order valence-corrected chi connectivity index (χ3v) is 2.54. The Balaban J connectivity index is 3.04. The van der Waals surface area contributed by atoms with Gasteiger partial charge in [-0.05, 0) is 12.1 Å². The van der Waals surface area contributed by atoms with Crippen molar-refractivity contribution >= 4 is 15.8 Å². The molecule has 0 bridgehead atoms. The number of rotatable bonds is 4. The van der Waals surface area contributed by atoms with Gasteiger partial charge in [0.05, 0.1) is 5.69 Å². The molecule has 0 fully saturated rings. The Labute approximate surface area is 82.7 Å². The van der Waals surface area contributed by atoms with Gasteiger partial charge in [0, 0.05) is 13.1 Å². The lowest BCUT2D eigenvalue weighted by atomic mass is 10.3. The van der Waals surface area contributed by atoms with Crippen molar-refractivity contribution in [1.82, 2.24) is 0 Å². The van der Waals surface area contributed by atoms with Crippen LogP contribution in [0.5, 0.6) is 0 Å². The first-order chi connectivity index (χ1) is 6.55. The molecule has 14 heavy (non-hydrogen) atoms. The number of hydrogen-bond acceptors (Lipinski definition) is 4. The van der Waals surface area contributed by atoms with Gasteiger partial charge in [-0.25, -0.2) is 0 Å². The number of benzene rings is 1. The van der Waals surface area contributed by atoms with Crippen LogP contribution in [-0.2, 0) is 10.1 Å². The molecule has 0 heterocycles. The highest BCUT2D eigenvalue weighted by Crippen LogP contribution is 2.19.